The first-order chi connectivity index (χ1) is 11.5. The highest BCUT2D eigenvalue weighted by Gasteiger charge is 2.18. The summed E-state index contributed by atoms with van der Waals surface area (Å²) in [5.74, 6) is 0.341. The van der Waals surface area contributed by atoms with Crippen LogP contribution in [-0.4, -0.2) is 17.9 Å². The first-order valence-corrected chi connectivity index (χ1v) is 7.89. The van der Waals surface area contributed by atoms with Crippen LogP contribution in [0.1, 0.15) is 25.8 Å². The van der Waals surface area contributed by atoms with Gasteiger partial charge in [0.2, 0.25) is 5.91 Å². The molecular weight excluding hydrogens is 304 g/mol. The second kappa shape index (κ2) is 8.15. The summed E-state index contributed by atoms with van der Waals surface area (Å²) < 4.78 is 5.79. The Morgan fingerprint density at radius 1 is 1.04 bits per heavy atom. The monoisotopic (exact) mass is 326 g/mol. The van der Waals surface area contributed by atoms with Gasteiger partial charge in [-0.25, -0.2) is 0 Å². The van der Waals surface area contributed by atoms with Crippen LogP contribution in [0.3, 0.4) is 0 Å². The van der Waals surface area contributed by atoms with Gasteiger partial charge in [0, 0.05) is 18.3 Å². The number of benzene rings is 2. The lowest BCUT2D eigenvalue weighted by atomic mass is 10.2. The van der Waals surface area contributed by atoms with Crippen molar-refractivity contribution in [1.29, 1.82) is 0 Å². The van der Waals surface area contributed by atoms with Crippen molar-refractivity contribution >= 4 is 23.2 Å². The molecule has 0 aliphatic heterocycles. The lowest BCUT2D eigenvalue weighted by Gasteiger charge is -2.17. The largest absolute Gasteiger partial charge is 0.481 e. The Morgan fingerprint density at radius 3 is 2.21 bits per heavy atom. The lowest BCUT2D eigenvalue weighted by molar-refractivity contribution is -0.122. The smallest absolute Gasteiger partial charge is 0.265 e. The first-order valence-electron chi connectivity index (χ1n) is 7.89. The fraction of sp³-hybridized carbons (Fsp3) is 0.263. The molecule has 0 spiro atoms. The molecule has 2 amide bonds. The van der Waals surface area contributed by atoms with Crippen LogP contribution in [0.4, 0.5) is 11.4 Å². The van der Waals surface area contributed by atoms with Crippen LogP contribution < -0.4 is 15.4 Å². The summed E-state index contributed by atoms with van der Waals surface area (Å²) in [6.07, 6.45) is -0.00848. The van der Waals surface area contributed by atoms with Crippen LogP contribution in [-0.2, 0) is 9.59 Å². The SMILES string of the molecule is CCC(Oc1cccc(C)c1)C(=O)Nc1ccc(NC(C)=O)cc1. The Bertz CT molecular complexity index is 711. The van der Waals surface area contributed by atoms with Crippen LogP contribution in [0.25, 0.3) is 0 Å². The standard InChI is InChI=1S/C19H22N2O3/c1-4-18(24-17-7-5-6-13(2)12-17)19(23)21-16-10-8-15(9-11-16)20-14(3)22/h5-12,18H,4H2,1-3H3,(H,20,22)(H,21,23). The van der Waals surface area contributed by atoms with Crippen molar-refractivity contribution in [3.05, 3.63) is 54.1 Å². The summed E-state index contributed by atoms with van der Waals surface area (Å²) in [5.41, 5.74) is 2.42. The third-order valence-electron chi connectivity index (χ3n) is 3.40. The highest BCUT2D eigenvalue weighted by Crippen LogP contribution is 2.18. The zero-order valence-electron chi connectivity index (χ0n) is 14.1. The molecule has 0 saturated heterocycles. The zero-order chi connectivity index (χ0) is 17.5. The Hall–Kier alpha value is -2.82. The molecule has 2 aromatic carbocycles. The molecule has 5 heteroatoms. The zero-order valence-corrected chi connectivity index (χ0v) is 14.1. The molecular formula is C19H22N2O3. The quantitative estimate of drug-likeness (QED) is 0.849. The van der Waals surface area contributed by atoms with Crippen molar-refractivity contribution in [2.75, 3.05) is 10.6 Å². The molecule has 0 radical (unpaired) electrons. The van der Waals surface area contributed by atoms with Gasteiger partial charge in [0.15, 0.2) is 6.10 Å². The maximum Gasteiger partial charge on any atom is 0.265 e. The van der Waals surface area contributed by atoms with Crippen LogP contribution in [0.15, 0.2) is 48.5 Å². The van der Waals surface area contributed by atoms with E-state index in [2.05, 4.69) is 10.6 Å². The van der Waals surface area contributed by atoms with Crippen molar-refractivity contribution in [3.63, 3.8) is 0 Å². The molecule has 2 rings (SSSR count). The third-order valence-corrected chi connectivity index (χ3v) is 3.40. The minimum atomic E-state index is -0.568. The molecule has 24 heavy (non-hydrogen) atoms. The van der Waals surface area contributed by atoms with Gasteiger partial charge in [-0.3, -0.25) is 9.59 Å². The summed E-state index contributed by atoms with van der Waals surface area (Å²) in [7, 11) is 0. The fourth-order valence-electron chi connectivity index (χ4n) is 2.24. The van der Waals surface area contributed by atoms with Crippen molar-refractivity contribution in [2.24, 2.45) is 0 Å². The van der Waals surface area contributed by atoms with E-state index in [1.165, 1.54) is 6.92 Å². The maximum atomic E-state index is 12.4. The van der Waals surface area contributed by atoms with Gasteiger partial charge in [0.1, 0.15) is 5.75 Å². The Kier molecular flexibility index (Phi) is 5.95. The van der Waals surface area contributed by atoms with E-state index < -0.39 is 6.10 Å². The van der Waals surface area contributed by atoms with Gasteiger partial charge < -0.3 is 15.4 Å². The van der Waals surface area contributed by atoms with Gasteiger partial charge in [-0.1, -0.05) is 19.1 Å². The topological polar surface area (TPSA) is 67.4 Å². The molecule has 1 unspecified atom stereocenters. The molecule has 0 fully saturated rings. The molecule has 0 aromatic heterocycles. The number of carbonyl (C=O) groups is 2. The number of ether oxygens (including phenoxy) is 1. The fourth-order valence-corrected chi connectivity index (χ4v) is 2.24. The van der Waals surface area contributed by atoms with Crippen LogP contribution in [0.2, 0.25) is 0 Å². The van der Waals surface area contributed by atoms with Crippen LogP contribution in [0.5, 0.6) is 5.75 Å². The van der Waals surface area contributed by atoms with E-state index in [9.17, 15) is 9.59 Å². The minimum absolute atomic E-state index is 0.135. The van der Waals surface area contributed by atoms with Gasteiger partial charge in [-0.05, 0) is 55.3 Å². The molecule has 0 bridgehead atoms. The molecule has 126 valence electrons. The van der Waals surface area contributed by atoms with Gasteiger partial charge in [-0.15, -0.1) is 0 Å². The maximum absolute atomic E-state index is 12.4. The molecule has 0 heterocycles. The number of amides is 2. The van der Waals surface area contributed by atoms with E-state index >= 15 is 0 Å². The van der Waals surface area contributed by atoms with Crippen molar-refractivity contribution in [2.45, 2.75) is 33.3 Å². The molecule has 0 saturated carbocycles. The second-order valence-corrected chi connectivity index (χ2v) is 5.58. The average molecular weight is 326 g/mol. The van der Waals surface area contributed by atoms with E-state index in [1.807, 2.05) is 38.1 Å². The molecule has 0 aliphatic carbocycles. The Labute approximate surface area is 142 Å². The van der Waals surface area contributed by atoms with E-state index in [4.69, 9.17) is 4.74 Å². The molecule has 2 N–H and O–H groups in total. The first kappa shape index (κ1) is 17.5. The third kappa shape index (κ3) is 5.12. The summed E-state index contributed by atoms with van der Waals surface area (Å²) in [4.78, 5) is 23.4. The average Bonchev–Trinajstić information content (AvgIpc) is 2.54. The molecule has 0 aliphatic rings. The summed E-state index contributed by atoms with van der Waals surface area (Å²) >= 11 is 0. The van der Waals surface area contributed by atoms with Crippen LogP contribution >= 0.6 is 0 Å². The second-order valence-electron chi connectivity index (χ2n) is 5.58. The normalized spacial score (nSPS) is 11.5. The number of hydrogen-bond acceptors (Lipinski definition) is 3. The van der Waals surface area contributed by atoms with Gasteiger partial charge in [0.05, 0.1) is 0 Å². The number of rotatable bonds is 6. The van der Waals surface area contributed by atoms with Gasteiger partial charge >= 0.3 is 0 Å². The van der Waals surface area contributed by atoms with Crippen LogP contribution in [0, 0.1) is 6.92 Å². The van der Waals surface area contributed by atoms with Gasteiger partial charge in [-0.2, -0.15) is 0 Å². The highest BCUT2D eigenvalue weighted by molar-refractivity contribution is 5.95. The van der Waals surface area contributed by atoms with E-state index in [0.717, 1.165) is 5.56 Å². The number of nitrogens with one attached hydrogen (secondary N) is 2. The summed E-state index contributed by atoms with van der Waals surface area (Å²) in [5, 5.41) is 5.51. The molecule has 5 nitrogen and oxygen atoms in total. The van der Waals surface area contributed by atoms with E-state index in [0.29, 0.717) is 23.5 Å². The lowest BCUT2D eigenvalue weighted by Crippen LogP contribution is -2.32. The van der Waals surface area contributed by atoms with E-state index in [-0.39, 0.29) is 11.8 Å². The Morgan fingerprint density at radius 2 is 1.67 bits per heavy atom. The summed E-state index contributed by atoms with van der Waals surface area (Å²) in [6, 6.07) is 14.6. The number of anilines is 2. The van der Waals surface area contributed by atoms with E-state index in [1.54, 1.807) is 24.3 Å². The van der Waals surface area contributed by atoms with Crippen molar-refractivity contribution in [1.82, 2.24) is 0 Å². The Balaban J connectivity index is 1.99. The number of carbonyl (C=O) groups excluding carboxylic acids is 2. The molecule has 1 atom stereocenters. The molecule has 2 aromatic rings. The van der Waals surface area contributed by atoms with Crippen molar-refractivity contribution < 1.29 is 14.3 Å². The van der Waals surface area contributed by atoms with Crippen molar-refractivity contribution in [3.8, 4) is 5.75 Å². The predicted octanol–water partition coefficient (Wildman–Crippen LogP) is 3.75. The summed E-state index contributed by atoms with van der Waals surface area (Å²) in [6.45, 7) is 5.33. The highest BCUT2D eigenvalue weighted by atomic mass is 16.5. The number of aryl methyl sites for hydroxylation is 1. The number of hydrogen-bond donors (Lipinski definition) is 2. The predicted molar refractivity (Wildman–Crippen MR) is 95.3 cm³/mol. The minimum Gasteiger partial charge on any atom is -0.481 e. The van der Waals surface area contributed by atoms with Gasteiger partial charge in [0.25, 0.3) is 5.91 Å².